The van der Waals surface area contributed by atoms with Gasteiger partial charge in [0.15, 0.2) is 0 Å². The van der Waals surface area contributed by atoms with Crippen molar-refractivity contribution in [3.8, 4) is 5.69 Å². The average Bonchev–Trinajstić information content (AvgIpc) is 3.84. The number of anilines is 3. The minimum atomic E-state index is 1.14. The summed E-state index contributed by atoms with van der Waals surface area (Å²) >= 11 is 3.76. The van der Waals surface area contributed by atoms with Crippen molar-refractivity contribution in [1.82, 2.24) is 4.57 Å². The maximum Gasteiger partial charge on any atom is 0.0640 e. The van der Waals surface area contributed by atoms with E-state index < -0.39 is 0 Å². The molecule has 0 amide bonds. The Balaban J connectivity index is 1.20. The Kier molecular flexibility index (Phi) is 6.03. The maximum atomic E-state index is 2.48. The van der Waals surface area contributed by atoms with Crippen molar-refractivity contribution < 1.29 is 0 Å². The van der Waals surface area contributed by atoms with E-state index in [0.29, 0.717) is 0 Å². The highest BCUT2D eigenvalue weighted by atomic mass is 32.1. The lowest BCUT2D eigenvalue weighted by molar-refractivity contribution is 1.18. The van der Waals surface area contributed by atoms with Crippen LogP contribution in [-0.2, 0) is 0 Å². The number of para-hydroxylation sites is 2. The molecule has 0 saturated heterocycles. The van der Waals surface area contributed by atoms with Crippen LogP contribution in [0.3, 0.4) is 0 Å². The van der Waals surface area contributed by atoms with Crippen LogP contribution in [-0.4, -0.2) is 4.57 Å². The largest absolute Gasteiger partial charge is 0.309 e. The Morgan fingerprint density at radius 3 is 1.90 bits per heavy atom. The standard InChI is InChI=1S/C46H28N2S2/c1-2-13-31(14-3-1)48-40-18-8-6-15-34(40)37-27-32(21-23-41(37)48)47(42-19-10-17-36-35-16-7-9-20-43(35)50-46(36)42)33-22-24-44-39(28-33)38-25-29-11-4-5-12-30(29)26-45(38)49-44/h1-28H. The van der Waals surface area contributed by atoms with Crippen LogP contribution in [0, 0.1) is 0 Å². The van der Waals surface area contributed by atoms with Gasteiger partial charge in [0.1, 0.15) is 0 Å². The molecule has 0 unspecified atom stereocenters. The second-order valence-electron chi connectivity index (χ2n) is 13.0. The highest BCUT2D eigenvalue weighted by molar-refractivity contribution is 7.26. The second kappa shape index (κ2) is 10.8. The van der Waals surface area contributed by atoms with Crippen molar-refractivity contribution >= 4 is 113 Å². The van der Waals surface area contributed by atoms with Crippen molar-refractivity contribution in [3.63, 3.8) is 0 Å². The predicted molar refractivity (Wildman–Crippen MR) is 219 cm³/mol. The summed E-state index contributed by atoms with van der Waals surface area (Å²) in [4.78, 5) is 2.48. The van der Waals surface area contributed by atoms with E-state index >= 15 is 0 Å². The number of aromatic nitrogens is 1. The first-order valence-corrected chi connectivity index (χ1v) is 18.6. The molecule has 4 heteroatoms. The molecule has 8 aromatic carbocycles. The van der Waals surface area contributed by atoms with Crippen molar-refractivity contribution in [2.75, 3.05) is 4.90 Å². The number of benzene rings is 8. The van der Waals surface area contributed by atoms with Crippen LogP contribution in [0.15, 0.2) is 170 Å². The molecule has 0 atom stereocenters. The SMILES string of the molecule is c1ccc(-n2c3ccccc3c3cc(N(c4ccc5sc6cc7ccccc7cc6c5c4)c4cccc5c4sc4ccccc45)ccc32)cc1. The fourth-order valence-corrected chi connectivity index (χ4v) is 10.2. The predicted octanol–water partition coefficient (Wildman–Crippen LogP) is 14.1. The minimum absolute atomic E-state index is 1.14. The van der Waals surface area contributed by atoms with Crippen LogP contribution in [0.25, 0.3) is 78.6 Å². The first-order valence-electron chi connectivity index (χ1n) is 16.9. The number of rotatable bonds is 4. The lowest BCUT2D eigenvalue weighted by Crippen LogP contribution is -2.10. The summed E-state index contributed by atoms with van der Waals surface area (Å²) in [7, 11) is 0. The highest BCUT2D eigenvalue weighted by Gasteiger charge is 2.21. The summed E-state index contributed by atoms with van der Waals surface area (Å²) in [6.07, 6.45) is 0. The summed E-state index contributed by atoms with van der Waals surface area (Å²) in [5.74, 6) is 0. The smallest absolute Gasteiger partial charge is 0.0640 e. The normalized spacial score (nSPS) is 12.0. The van der Waals surface area contributed by atoms with Crippen LogP contribution in [0.2, 0.25) is 0 Å². The van der Waals surface area contributed by atoms with E-state index in [2.05, 4.69) is 179 Å². The molecule has 0 radical (unpaired) electrons. The van der Waals surface area contributed by atoms with Crippen molar-refractivity contribution in [2.24, 2.45) is 0 Å². The van der Waals surface area contributed by atoms with Crippen molar-refractivity contribution in [1.29, 1.82) is 0 Å². The van der Waals surface area contributed by atoms with Gasteiger partial charge in [0.2, 0.25) is 0 Å². The third kappa shape index (κ3) is 4.13. The lowest BCUT2D eigenvalue weighted by atomic mass is 10.0. The van der Waals surface area contributed by atoms with Gasteiger partial charge in [-0.2, -0.15) is 0 Å². The van der Waals surface area contributed by atoms with Gasteiger partial charge in [0, 0.05) is 63.5 Å². The Morgan fingerprint density at radius 2 is 1.02 bits per heavy atom. The first-order chi connectivity index (χ1) is 24.8. The Labute approximate surface area is 296 Å². The van der Waals surface area contributed by atoms with Crippen LogP contribution in [0.5, 0.6) is 0 Å². The molecule has 50 heavy (non-hydrogen) atoms. The number of nitrogens with zero attached hydrogens (tertiary/aromatic N) is 2. The third-order valence-corrected chi connectivity index (χ3v) is 12.5. The van der Waals surface area contributed by atoms with Gasteiger partial charge in [0.05, 0.1) is 21.4 Å². The first kappa shape index (κ1) is 28.0. The molecular formula is C46H28N2S2. The van der Waals surface area contributed by atoms with Crippen molar-refractivity contribution in [2.45, 2.75) is 0 Å². The molecule has 0 N–H and O–H groups in total. The molecule has 0 saturated carbocycles. The zero-order valence-corrected chi connectivity index (χ0v) is 28.5. The Hall–Kier alpha value is -5.94. The second-order valence-corrected chi connectivity index (χ2v) is 15.1. The van der Waals surface area contributed by atoms with Gasteiger partial charge in [-0.05, 0) is 89.6 Å². The zero-order chi connectivity index (χ0) is 32.8. The monoisotopic (exact) mass is 672 g/mol. The molecular weight excluding hydrogens is 645 g/mol. The fourth-order valence-electron chi connectivity index (χ4n) is 7.88. The molecule has 3 aromatic heterocycles. The third-order valence-electron chi connectivity index (χ3n) is 10.1. The lowest BCUT2D eigenvalue weighted by Gasteiger charge is -2.26. The van der Waals surface area contributed by atoms with Gasteiger partial charge in [0.25, 0.3) is 0 Å². The van der Waals surface area contributed by atoms with E-state index in [0.717, 1.165) is 11.4 Å². The quantitative estimate of drug-likeness (QED) is 0.181. The van der Waals surface area contributed by atoms with Gasteiger partial charge >= 0.3 is 0 Å². The number of hydrogen-bond donors (Lipinski definition) is 0. The van der Waals surface area contributed by atoms with Gasteiger partial charge in [-0.1, -0.05) is 91.0 Å². The van der Waals surface area contributed by atoms with Crippen LogP contribution >= 0.6 is 22.7 Å². The molecule has 0 spiro atoms. The van der Waals surface area contributed by atoms with E-state index in [9.17, 15) is 0 Å². The maximum absolute atomic E-state index is 2.48. The van der Waals surface area contributed by atoms with Crippen molar-refractivity contribution in [3.05, 3.63) is 170 Å². The van der Waals surface area contributed by atoms with E-state index in [4.69, 9.17) is 0 Å². The topological polar surface area (TPSA) is 8.17 Å². The zero-order valence-electron chi connectivity index (χ0n) is 26.9. The molecule has 11 aromatic rings. The van der Waals surface area contributed by atoms with Gasteiger partial charge in [-0.15, -0.1) is 22.7 Å². The molecule has 0 aliphatic carbocycles. The molecule has 3 heterocycles. The summed E-state index contributed by atoms with van der Waals surface area (Å²) in [6, 6.07) is 62.5. The van der Waals surface area contributed by atoms with Crippen LogP contribution in [0.1, 0.15) is 0 Å². The summed E-state index contributed by atoms with van der Waals surface area (Å²) in [6.45, 7) is 0. The minimum Gasteiger partial charge on any atom is -0.309 e. The summed E-state index contributed by atoms with van der Waals surface area (Å²) < 4.78 is 7.62. The molecule has 0 aliphatic rings. The summed E-state index contributed by atoms with van der Waals surface area (Å²) in [5, 5.41) is 10.3. The Bertz CT molecular complexity index is 3110. The highest BCUT2D eigenvalue weighted by Crippen LogP contribution is 2.47. The number of fused-ring (bicyclic) bond motifs is 10. The van der Waals surface area contributed by atoms with Gasteiger partial charge < -0.3 is 9.47 Å². The average molecular weight is 673 g/mol. The van der Waals surface area contributed by atoms with E-state index in [1.165, 1.54) is 84.3 Å². The molecule has 0 bridgehead atoms. The molecule has 234 valence electrons. The molecule has 0 aliphatic heterocycles. The molecule has 11 rings (SSSR count). The molecule has 0 fully saturated rings. The van der Waals surface area contributed by atoms with Crippen LogP contribution in [0.4, 0.5) is 17.1 Å². The van der Waals surface area contributed by atoms with Gasteiger partial charge in [-0.3, -0.25) is 0 Å². The Morgan fingerprint density at radius 1 is 0.380 bits per heavy atom. The van der Waals surface area contributed by atoms with E-state index in [-0.39, 0.29) is 0 Å². The van der Waals surface area contributed by atoms with Gasteiger partial charge in [-0.25, -0.2) is 0 Å². The number of thiophene rings is 2. The van der Waals surface area contributed by atoms with Crippen LogP contribution < -0.4 is 4.90 Å². The fraction of sp³-hybridized carbons (Fsp3) is 0. The van der Waals surface area contributed by atoms with E-state index in [1.807, 2.05) is 22.7 Å². The summed E-state index contributed by atoms with van der Waals surface area (Å²) in [5.41, 5.74) is 7.07. The molecule has 2 nitrogen and oxygen atoms in total. The van der Waals surface area contributed by atoms with E-state index in [1.54, 1.807) is 0 Å². The number of hydrogen-bond acceptors (Lipinski definition) is 3.